The zero-order valence-electron chi connectivity index (χ0n) is 25.6. The van der Waals surface area contributed by atoms with Crippen molar-refractivity contribution >= 4 is 28.6 Å². The maximum absolute atomic E-state index is 5.54. The minimum absolute atomic E-state index is 0.0675. The number of aliphatic imine (C=N–C) groups is 2. The number of hydrogen-bond acceptors (Lipinski definition) is 4. The van der Waals surface area contributed by atoms with Crippen LogP contribution in [0.15, 0.2) is 162 Å². The van der Waals surface area contributed by atoms with Crippen molar-refractivity contribution in [3.8, 4) is 22.3 Å². The molecule has 0 fully saturated rings. The first-order valence-electron chi connectivity index (χ1n) is 15.6. The van der Waals surface area contributed by atoms with Gasteiger partial charge in [-0.3, -0.25) is 5.32 Å². The van der Waals surface area contributed by atoms with E-state index in [0.29, 0.717) is 0 Å². The summed E-state index contributed by atoms with van der Waals surface area (Å²) in [6.07, 6.45) is 3.03. The average molecular weight is 598 g/mol. The van der Waals surface area contributed by atoms with Gasteiger partial charge in [0, 0.05) is 5.56 Å². The van der Waals surface area contributed by atoms with Gasteiger partial charge in [-0.15, -0.1) is 0 Å². The molecule has 5 heteroatoms. The van der Waals surface area contributed by atoms with E-state index in [9.17, 15) is 0 Å². The Morgan fingerprint density at radius 3 is 1.78 bits per heavy atom. The summed E-state index contributed by atoms with van der Waals surface area (Å²) >= 11 is 0. The lowest BCUT2D eigenvalue weighted by Crippen LogP contribution is -2.44. The predicted octanol–water partition coefficient (Wildman–Crippen LogP) is 8.86. The van der Waals surface area contributed by atoms with Crippen molar-refractivity contribution < 1.29 is 0 Å². The molecule has 0 radical (unpaired) electrons. The number of nitrogens with zero attached hydrogens (tertiary/aromatic N) is 2. The zero-order chi connectivity index (χ0) is 31.3. The standard InChI is InChI=1S/C41H35N5/c1-2-38(43-27-42)30-21-17-28(18-22-30)34-25-26-35(37-16-10-9-15-36(34)37)29-19-23-33(24-20-29)41-45-39(31-11-5-3-6-12-31)44-40(46-41)32-13-7-4-8-14-32/h2-27,39,41,45H,1H3,(H2,42,43)(H,44,46)/b38-2-. The Hall–Kier alpha value is -5.78. The van der Waals surface area contributed by atoms with Crippen LogP contribution in [0.5, 0.6) is 0 Å². The molecule has 0 spiro atoms. The highest BCUT2D eigenvalue weighted by Crippen LogP contribution is 2.37. The number of nitrogens with one attached hydrogen (secondary N) is 2. The Morgan fingerprint density at radius 2 is 1.20 bits per heavy atom. The molecule has 0 aliphatic carbocycles. The average Bonchev–Trinajstić information content (AvgIpc) is 3.14. The van der Waals surface area contributed by atoms with Crippen LogP contribution in [0.2, 0.25) is 0 Å². The van der Waals surface area contributed by atoms with E-state index in [1.54, 1.807) is 0 Å². The van der Waals surface area contributed by atoms with Gasteiger partial charge in [0.15, 0.2) is 0 Å². The van der Waals surface area contributed by atoms with E-state index in [2.05, 4.69) is 137 Å². The summed E-state index contributed by atoms with van der Waals surface area (Å²) in [6, 6.07) is 51.2. The Morgan fingerprint density at radius 1 is 0.630 bits per heavy atom. The monoisotopic (exact) mass is 597 g/mol. The number of fused-ring (bicyclic) bond motifs is 1. The molecule has 2 unspecified atom stereocenters. The van der Waals surface area contributed by atoms with E-state index in [1.165, 1.54) is 39.4 Å². The van der Waals surface area contributed by atoms with E-state index in [-0.39, 0.29) is 12.3 Å². The molecule has 6 aromatic carbocycles. The Labute approximate surface area is 269 Å². The van der Waals surface area contributed by atoms with Gasteiger partial charge in [0.1, 0.15) is 18.2 Å². The van der Waals surface area contributed by atoms with Gasteiger partial charge in [0.05, 0.1) is 12.0 Å². The van der Waals surface area contributed by atoms with Crippen LogP contribution < -0.4 is 16.4 Å². The first-order valence-corrected chi connectivity index (χ1v) is 15.6. The third-order valence-corrected chi connectivity index (χ3v) is 8.48. The summed E-state index contributed by atoms with van der Waals surface area (Å²) in [6.45, 7) is 1.97. The molecule has 4 N–H and O–H groups in total. The molecule has 1 heterocycles. The molecule has 1 aliphatic heterocycles. The van der Waals surface area contributed by atoms with Gasteiger partial charge in [-0.25, -0.2) is 9.98 Å². The second kappa shape index (κ2) is 13.1. The van der Waals surface area contributed by atoms with Crippen LogP contribution in [-0.4, -0.2) is 12.2 Å². The van der Waals surface area contributed by atoms with Gasteiger partial charge < -0.3 is 11.1 Å². The summed E-state index contributed by atoms with van der Waals surface area (Å²) < 4.78 is 0. The summed E-state index contributed by atoms with van der Waals surface area (Å²) in [5.74, 6) is 0.881. The summed E-state index contributed by atoms with van der Waals surface area (Å²) in [4.78, 5) is 9.39. The number of allylic oxidation sites excluding steroid dienone is 1. The van der Waals surface area contributed by atoms with Crippen LogP contribution >= 0.6 is 0 Å². The van der Waals surface area contributed by atoms with Gasteiger partial charge >= 0.3 is 0 Å². The predicted molar refractivity (Wildman–Crippen MR) is 192 cm³/mol. The van der Waals surface area contributed by atoms with Crippen molar-refractivity contribution in [2.24, 2.45) is 15.7 Å². The zero-order valence-corrected chi connectivity index (χ0v) is 25.6. The van der Waals surface area contributed by atoms with Gasteiger partial charge in [0.25, 0.3) is 0 Å². The number of benzene rings is 6. The second-order valence-electron chi connectivity index (χ2n) is 11.3. The molecule has 0 amide bonds. The minimum atomic E-state index is -0.198. The van der Waals surface area contributed by atoms with Crippen molar-refractivity contribution in [2.45, 2.75) is 19.3 Å². The van der Waals surface area contributed by atoms with Gasteiger partial charge in [-0.2, -0.15) is 0 Å². The smallest absolute Gasteiger partial charge is 0.131 e. The Balaban J connectivity index is 1.21. The largest absolute Gasteiger partial charge is 0.390 e. The first-order chi connectivity index (χ1) is 22.7. The molecular formula is C41H35N5. The molecule has 224 valence electrons. The molecule has 46 heavy (non-hydrogen) atoms. The first kappa shape index (κ1) is 29.0. The molecule has 0 saturated heterocycles. The SMILES string of the molecule is C/C=C(\N=C/N)c1ccc(-c2ccc(-c3ccc(C4N=C(c5ccccc5)NC(c5ccccc5)N4)cc3)c3ccccc23)cc1. The Bertz CT molecular complexity index is 2050. The molecule has 0 bridgehead atoms. The molecular weight excluding hydrogens is 562 g/mol. The molecule has 5 nitrogen and oxygen atoms in total. The van der Waals surface area contributed by atoms with Crippen molar-refractivity contribution in [1.82, 2.24) is 10.6 Å². The highest BCUT2D eigenvalue weighted by molar-refractivity contribution is 6.05. The van der Waals surface area contributed by atoms with Gasteiger partial charge in [-0.1, -0.05) is 152 Å². The van der Waals surface area contributed by atoms with Crippen LogP contribution in [0.1, 0.15) is 41.5 Å². The van der Waals surface area contributed by atoms with Crippen molar-refractivity contribution in [3.63, 3.8) is 0 Å². The molecule has 2 atom stereocenters. The fraction of sp³-hybridized carbons (Fsp3) is 0.0732. The van der Waals surface area contributed by atoms with Crippen LogP contribution in [0.4, 0.5) is 0 Å². The normalized spacial score (nSPS) is 16.7. The molecule has 6 aromatic rings. The van der Waals surface area contributed by atoms with Crippen LogP contribution in [0.25, 0.3) is 38.7 Å². The lowest BCUT2D eigenvalue weighted by Gasteiger charge is -2.32. The van der Waals surface area contributed by atoms with Gasteiger partial charge in [0.2, 0.25) is 0 Å². The van der Waals surface area contributed by atoms with E-state index < -0.39 is 0 Å². The summed E-state index contributed by atoms with van der Waals surface area (Å²) in [7, 11) is 0. The molecule has 1 aliphatic rings. The Kier molecular flexibility index (Phi) is 8.23. The highest BCUT2D eigenvalue weighted by atomic mass is 15.3. The van der Waals surface area contributed by atoms with Crippen LogP contribution in [-0.2, 0) is 0 Å². The molecule has 0 aromatic heterocycles. The van der Waals surface area contributed by atoms with E-state index >= 15 is 0 Å². The number of nitrogens with two attached hydrogens (primary N) is 1. The van der Waals surface area contributed by atoms with Crippen LogP contribution in [0, 0.1) is 0 Å². The molecule has 7 rings (SSSR count). The third kappa shape index (κ3) is 5.84. The maximum atomic E-state index is 5.54. The van der Waals surface area contributed by atoms with E-state index in [4.69, 9.17) is 10.7 Å². The fourth-order valence-corrected chi connectivity index (χ4v) is 6.15. The lowest BCUT2D eigenvalue weighted by atomic mass is 9.91. The van der Waals surface area contributed by atoms with E-state index in [0.717, 1.165) is 33.8 Å². The van der Waals surface area contributed by atoms with Crippen LogP contribution in [0.3, 0.4) is 0 Å². The lowest BCUT2D eigenvalue weighted by molar-refractivity contribution is 0.409. The number of rotatable bonds is 7. The fourth-order valence-electron chi connectivity index (χ4n) is 6.15. The maximum Gasteiger partial charge on any atom is 0.131 e. The molecule has 0 saturated carbocycles. The topological polar surface area (TPSA) is 74.8 Å². The van der Waals surface area contributed by atoms with E-state index in [1.807, 2.05) is 37.3 Å². The summed E-state index contributed by atoms with van der Waals surface area (Å²) in [5.41, 5.74) is 15.5. The highest BCUT2D eigenvalue weighted by Gasteiger charge is 2.25. The number of hydrogen-bond donors (Lipinski definition) is 3. The second-order valence-corrected chi connectivity index (χ2v) is 11.3. The van der Waals surface area contributed by atoms with Gasteiger partial charge in [-0.05, 0) is 56.6 Å². The minimum Gasteiger partial charge on any atom is -0.390 e. The van der Waals surface area contributed by atoms with Crippen molar-refractivity contribution in [3.05, 3.63) is 174 Å². The summed E-state index contributed by atoms with van der Waals surface area (Å²) in [5, 5.41) is 9.74. The van der Waals surface area contributed by atoms with Crippen molar-refractivity contribution in [2.75, 3.05) is 0 Å². The van der Waals surface area contributed by atoms with Crippen molar-refractivity contribution in [1.29, 1.82) is 0 Å². The third-order valence-electron chi connectivity index (χ3n) is 8.48. The number of amidine groups is 1. The quantitative estimate of drug-likeness (QED) is 0.127.